The van der Waals surface area contributed by atoms with Crippen LogP contribution in [0.15, 0.2) is 48.5 Å². The summed E-state index contributed by atoms with van der Waals surface area (Å²) in [7, 11) is 0. The third-order valence-corrected chi connectivity index (χ3v) is 3.25. The molecule has 1 heteroatoms. The van der Waals surface area contributed by atoms with Crippen molar-refractivity contribution >= 4 is 0 Å². The van der Waals surface area contributed by atoms with Crippen LogP contribution in [-0.2, 0) is 6.42 Å². The minimum Gasteiger partial charge on any atom is -0.183 e. The fraction of sp³-hybridized carbons (Fsp3) is 0.211. The summed E-state index contributed by atoms with van der Waals surface area (Å²) < 4.78 is 0. The number of rotatable bonds is 4. The van der Waals surface area contributed by atoms with Gasteiger partial charge in [0.25, 0.3) is 0 Å². The van der Waals surface area contributed by atoms with E-state index in [-0.39, 0.29) is 0 Å². The molecule has 2 aromatic rings. The molecule has 0 heterocycles. The Kier molecular flexibility index (Phi) is 4.99. The molecule has 0 spiro atoms. The van der Waals surface area contributed by atoms with Crippen LogP contribution in [0.2, 0.25) is 0 Å². The molecule has 0 amide bonds. The molecule has 0 bridgehead atoms. The molecule has 2 aromatic carbocycles. The zero-order valence-corrected chi connectivity index (χ0v) is 11.7. The summed E-state index contributed by atoms with van der Waals surface area (Å²) in [4.78, 5) is 0. The van der Waals surface area contributed by atoms with E-state index < -0.39 is 0 Å². The lowest BCUT2D eigenvalue weighted by Crippen LogP contribution is -1.85. The van der Waals surface area contributed by atoms with Gasteiger partial charge in [0.1, 0.15) is 0 Å². The number of nitrogens with zero attached hydrogens (tertiary/aromatic N) is 1. The molecule has 0 aromatic heterocycles. The standard InChI is InChI=1S/C19H17N/c1-2-3-5-16-7-11-18(12-8-16)19-13-9-17(10-14-19)6-4-15-20/h7-14H,2-3,5H2,1H3. The molecule has 2 rings (SSSR count). The third kappa shape index (κ3) is 3.74. The summed E-state index contributed by atoms with van der Waals surface area (Å²) >= 11 is 0. The van der Waals surface area contributed by atoms with Crippen LogP contribution in [0.3, 0.4) is 0 Å². The molecule has 0 aliphatic heterocycles. The van der Waals surface area contributed by atoms with Crippen molar-refractivity contribution in [3.63, 3.8) is 0 Å². The average molecular weight is 259 g/mol. The van der Waals surface area contributed by atoms with Crippen LogP contribution in [0.1, 0.15) is 30.9 Å². The zero-order chi connectivity index (χ0) is 14.2. The van der Waals surface area contributed by atoms with E-state index in [0.717, 1.165) is 12.0 Å². The largest absolute Gasteiger partial charge is 0.183 e. The van der Waals surface area contributed by atoms with Crippen molar-refractivity contribution < 1.29 is 0 Å². The van der Waals surface area contributed by atoms with Crippen LogP contribution in [0.25, 0.3) is 11.1 Å². The predicted octanol–water partition coefficient (Wildman–Crippen LogP) is 4.57. The van der Waals surface area contributed by atoms with Crippen molar-refractivity contribution in [3.8, 4) is 29.0 Å². The highest BCUT2D eigenvalue weighted by molar-refractivity contribution is 5.64. The molecule has 0 saturated heterocycles. The van der Waals surface area contributed by atoms with Crippen molar-refractivity contribution in [2.75, 3.05) is 0 Å². The highest BCUT2D eigenvalue weighted by Gasteiger charge is 1.98. The van der Waals surface area contributed by atoms with E-state index in [9.17, 15) is 0 Å². The van der Waals surface area contributed by atoms with Crippen LogP contribution >= 0.6 is 0 Å². The molecule has 0 radical (unpaired) electrons. The molecule has 1 nitrogen and oxygen atoms in total. The van der Waals surface area contributed by atoms with Gasteiger partial charge in [-0.3, -0.25) is 0 Å². The first-order chi connectivity index (χ1) is 9.83. The maximum atomic E-state index is 8.42. The van der Waals surface area contributed by atoms with Crippen LogP contribution in [0.5, 0.6) is 0 Å². The van der Waals surface area contributed by atoms with Crippen molar-refractivity contribution in [1.82, 2.24) is 0 Å². The minimum absolute atomic E-state index is 0.870. The quantitative estimate of drug-likeness (QED) is 0.738. The third-order valence-electron chi connectivity index (χ3n) is 3.25. The van der Waals surface area contributed by atoms with E-state index in [1.165, 1.54) is 29.5 Å². The van der Waals surface area contributed by atoms with Gasteiger partial charge in [0.15, 0.2) is 6.07 Å². The lowest BCUT2D eigenvalue weighted by Gasteiger charge is -2.04. The van der Waals surface area contributed by atoms with Gasteiger partial charge in [-0.15, -0.1) is 0 Å². The molecule has 0 N–H and O–H groups in total. The maximum Gasteiger partial charge on any atom is 0.152 e. The highest BCUT2D eigenvalue weighted by Crippen LogP contribution is 2.20. The number of unbranched alkanes of at least 4 members (excludes halogenated alkanes) is 1. The summed E-state index contributed by atoms with van der Waals surface area (Å²) in [5.41, 5.74) is 4.65. The van der Waals surface area contributed by atoms with Gasteiger partial charge < -0.3 is 0 Å². The van der Waals surface area contributed by atoms with Gasteiger partial charge in [-0.05, 0) is 41.7 Å². The van der Waals surface area contributed by atoms with Gasteiger partial charge in [-0.1, -0.05) is 55.7 Å². The molecule has 0 saturated carbocycles. The van der Waals surface area contributed by atoms with Crippen LogP contribution in [0, 0.1) is 23.2 Å². The van der Waals surface area contributed by atoms with Gasteiger partial charge in [0.05, 0.1) is 0 Å². The van der Waals surface area contributed by atoms with Crippen molar-refractivity contribution in [3.05, 3.63) is 59.7 Å². The van der Waals surface area contributed by atoms with Crippen molar-refractivity contribution in [1.29, 1.82) is 5.26 Å². The van der Waals surface area contributed by atoms with Crippen LogP contribution in [-0.4, -0.2) is 0 Å². The topological polar surface area (TPSA) is 23.8 Å². The van der Waals surface area contributed by atoms with Crippen molar-refractivity contribution in [2.24, 2.45) is 0 Å². The molecule has 0 aliphatic carbocycles. The number of benzene rings is 2. The van der Waals surface area contributed by atoms with Crippen LogP contribution < -0.4 is 0 Å². The second-order valence-electron chi connectivity index (χ2n) is 4.74. The lowest BCUT2D eigenvalue weighted by molar-refractivity contribution is 0.795. The smallest absolute Gasteiger partial charge is 0.152 e. The van der Waals surface area contributed by atoms with E-state index in [4.69, 9.17) is 5.26 Å². The number of aryl methyl sites for hydroxylation is 1. The Morgan fingerprint density at radius 1 is 0.900 bits per heavy atom. The summed E-state index contributed by atoms with van der Waals surface area (Å²) in [6.07, 6.45) is 3.62. The van der Waals surface area contributed by atoms with E-state index in [0.29, 0.717) is 0 Å². The monoisotopic (exact) mass is 259 g/mol. The Labute approximate surface area is 120 Å². The number of hydrogen-bond donors (Lipinski definition) is 0. The van der Waals surface area contributed by atoms with Crippen molar-refractivity contribution in [2.45, 2.75) is 26.2 Å². The first-order valence-electron chi connectivity index (χ1n) is 6.93. The molecule has 98 valence electrons. The van der Waals surface area contributed by atoms with E-state index in [1.807, 2.05) is 30.3 Å². The van der Waals surface area contributed by atoms with Gasteiger partial charge in [0, 0.05) is 11.5 Å². The fourth-order valence-electron chi connectivity index (χ4n) is 2.09. The van der Waals surface area contributed by atoms with E-state index in [2.05, 4.69) is 43.0 Å². The van der Waals surface area contributed by atoms with E-state index >= 15 is 0 Å². The van der Waals surface area contributed by atoms with E-state index in [1.54, 1.807) is 0 Å². The number of hydrogen-bond acceptors (Lipinski definition) is 1. The molecule has 20 heavy (non-hydrogen) atoms. The summed E-state index contributed by atoms with van der Waals surface area (Å²) in [6, 6.07) is 18.6. The molecule has 0 aliphatic rings. The summed E-state index contributed by atoms with van der Waals surface area (Å²) in [6.45, 7) is 2.21. The Balaban J connectivity index is 2.13. The molecule has 0 fully saturated rings. The Hall–Kier alpha value is -2.51. The summed E-state index contributed by atoms with van der Waals surface area (Å²) in [5.74, 6) is 5.20. The Bertz CT molecular complexity index is 646. The second-order valence-corrected chi connectivity index (χ2v) is 4.74. The van der Waals surface area contributed by atoms with Gasteiger partial charge >= 0.3 is 0 Å². The average Bonchev–Trinajstić information content (AvgIpc) is 2.52. The molecular weight excluding hydrogens is 242 g/mol. The lowest BCUT2D eigenvalue weighted by atomic mass is 10.0. The highest BCUT2D eigenvalue weighted by atomic mass is 14.2. The van der Waals surface area contributed by atoms with Gasteiger partial charge in [-0.25, -0.2) is 0 Å². The minimum atomic E-state index is 0.870. The zero-order valence-electron chi connectivity index (χ0n) is 11.7. The SMILES string of the molecule is CCCCc1ccc(-c2ccc(C#CC#N)cc2)cc1. The van der Waals surface area contributed by atoms with Crippen LogP contribution in [0.4, 0.5) is 0 Å². The first-order valence-corrected chi connectivity index (χ1v) is 6.93. The summed E-state index contributed by atoms with van der Waals surface area (Å²) in [5, 5.41) is 8.42. The Morgan fingerprint density at radius 3 is 2.05 bits per heavy atom. The maximum absolute atomic E-state index is 8.42. The van der Waals surface area contributed by atoms with Gasteiger partial charge in [-0.2, -0.15) is 5.26 Å². The molecular formula is C19H17N. The first kappa shape index (κ1) is 13.9. The fourth-order valence-corrected chi connectivity index (χ4v) is 2.09. The molecule has 0 atom stereocenters. The normalized spacial score (nSPS) is 9.40. The van der Waals surface area contributed by atoms with Gasteiger partial charge in [0.2, 0.25) is 0 Å². The number of nitriles is 1. The Morgan fingerprint density at radius 2 is 1.50 bits per heavy atom. The predicted molar refractivity (Wildman–Crippen MR) is 83.0 cm³/mol. The second kappa shape index (κ2) is 7.17. The molecule has 0 unspecified atom stereocenters.